The third-order valence-corrected chi connectivity index (χ3v) is 8.29. The van der Waals surface area contributed by atoms with Crippen LogP contribution < -0.4 is 0 Å². The molecular formula is C35H56. The predicted molar refractivity (Wildman–Crippen MR) is 157 cm³/mol. The van der Waals surface area contributed by atoms with E-state index in [0.29, 0.717) is 5.41 Å². The van der Waals surface area contributed by atoms with Crippen molar-refractivity contribution >= 4 is 0 Å². The van der Waals surface area contributed by atoms with Gasteiger partial charge in [-0.25, -0.2) is 0 Å². The molecule has 0 nitrogen and oxygen atoms in total. The van der Waals surface area contributed by atoms with Crippen molar-refractivity contribution in [2.24, 2.45) is 17.3 Å². The Morgan fingerprint density at radius 3 is 0.914 bits per heavy atom. The second-order valence-electron chi connectivity index (χ2n) is 11.2. The van der Waals surface area contributed by atoms with E-state index in [4.69, 9.17) is 0 Å². The second kappa shape index (κ2) is 16.2. The summed E-state index contributed by atoms with van der Waals surface area (Å²) in [7, 11) is 0. The van der Waals surface area contributed by atoms with Crippen LogP contribution in [-0.4, -0.2) is 0 Å². The van der Waals surface area contributed by atoms with Crippen molar-refractivity contribution < 1.29 is 0 Å². The van der Waals surface area contributed by atoms with Gasteiger partial charge in [0.15, 0.2) is 0 Å². The van der Waals surface area contributed by atoms with Crippen LogP contribution in [-0.2, 0) is 25.7 Å². The molecule has 4 aliphatic carbocycles. The Morgan fingerprint density at radius 1 is 0.457 bits per heavy atom. The first kappa shape index (κ1) is 29.7. The van der Waals surface area contributed by atoms with Crippen LogP contribution in [0.4, 0.5) is 0 Å². The number of fused-ring (bicyclic) bond motifs is 2. The highest BCUT2D eigenvalue weighted by atomic mass is 14.4. The molecule has 4 aliphatic rings. The van der Waals surface area contributed by atoms with Crippen molar-refractivity contribution in [3.8, 4) is 0 Å². The fourth-order valence-electron chi connectivity index (χ4n) is 6.41. The van der Waals surface area contributed by atoms with Gasteiger partial charge < -0.3 is 0 Å². The van der Waals surface area contributed by atoms with Crippen molar-refractivity contribution in [2.75, 3.05) is 0 Å². The summed E-state index contributed by atoms with van der Waals surface area (Å²) in [4.78, 5) is 0. The summed E-state index contributed by atoms with van der Waals surface area (Å²) in [5, 5.41) is 0. The normalized spacial score (nSPS) is 19.8. The summed E-state index contributed by atoms with van der Waals surface area (Å²) >= 11 is 0. The first-order valence-electron chi connectivity index (χ1n) is 15.3. The third-order valence-electron chi connectivity index (χ3n) is 8.29. The quantitative estimate of drug-likeness (QED) is 0.354. The van der Waals surface area contributed by atoms with Gasteiger partial charge in [0, 0.05) is 0 Å². The van der Waals surface area contributed by atoms with Crippen LogP contribution in [0.15, 0.2) is 48.5 Å². The predicted octanol–water partition coefficient (Wildman–Crippen LogP) is 10.8. The summed E-state index contributed by atoms with van der Waals surface area (Å²) in [6.45, 7) is 12.7. The van der Waals surface area contributed by atoms with Crippen molar-refractivity contribution in [1.29, 1.82) is 0 Å². The van der Waals surface area contributed by atoms with Crippen molar-refractivity contribution in [2.45, 2.75) is 131 Å². The Morgan fingerprint density at radius 2 is 0.714 bits per heavy atom. The number of hydrogen-bond acceptors (Lipinski definition) is 0. The molecule has 0 heteroatoms. The van der Waals surface area contributed by atoms with Crippen LogP contribution in [0.2, 0.25) is 0 Å². The van der Waals surface area contributed by atoms with Gasteiger partial charge in [-0.1, -0.05) is 154 Å². The van der Waals surface area contributed by atoms with Gasteiger partial charge in [0.05, 0.1) is 0 Å². The smallest absolute Gasteiger partial charge is 0.0136 e. The van der Waals surface area contributed by atoms with E-state index in [9.17, 15) is 0 Å². The summed E-state index contributed by atoms with van der Waals surface area (Å²) in [6.07, 6.45) is 20.0. The molecular weight excluding hydrogens is 420 g/mol. The van der Waals surface area contributed by atoms with Crippen LogP contribution in [0.3, 0.4) is 0 Å². The zero-order valence-electron chi connectivity index (χ0n) is 24.2. The molecule has 0 aromatic heterocycles. The minimum absolute atomic E-state index is 0.507. The van der Waals surface area contributed by atoms with Crippen LogP contribution in [0.25, 0.3) is 0 Å². The van der Waals surface area contributed by atoms with Gasteiger partial charge in [-0.15, -0.1) is 0 Å². The van der Waals surface area contributed by atoms with Gasteiger partial charge in [0.2, 0.25) is 0 Å². The summed E-state index contributed by atoms with van der Waals surface area (Å²) in [6, 6.07) is 18.0. The molecule has 0 aliphatic heterocycles. The number of hydrogen-bond donors (Lipinski definition) is 0. The average molecular weight is 477 g/mol. The van der Waals surface area contributed by atoms with Gasteiger partial charge in [0.1, 0.15) is 0 Å². The highest BCUT2D eigenvalue weighted by Gasteiger charge is 2.41. The van der Waals surface area contributed by atoms with E-state index in [1.54, 1.807) is 22.3 Å². The van der Waals surface area contributed by atoms with E-state index in [2.05, 4.69) is 62.4 Å². The lowest BCUT2D eigenvalue weighted by Crippen LogP contribution is -2.21. The van der Waals surface area contributed by atoms with Gasteiger partial charge in [0.25, 0.3) is 0 Å². The third kappa shape index (κ3) is 9.44. The van der Waals surface area contributed by atoms with Crippen molar-refractivity contribution in [1.82, 2.24) is 0 Å². The first-order valence-corrected chi connectivity index (χ1v) is 15.3. The highest BCUT2D eigenvalue weighted by molar-refractivity contribution is 5.42. The van der Waals surface area contributed by atoms with E-state index in [-0.39, 0.29) is 0 Å². The highest BCUT2D eigenvalue weighted by Crippen LogP contribution is 2.46. The molecule has 0 heterocycles. The number of rotatable bonds is 0. The zero-order valence-corrected chi connectivity index (χ0v) is 24.2. The standard InChI is InChI=1S/C17H16.2C7H14.2C2H6/c1-2-6-14-10-17(9-13(14)5-1)11-15-7-3-4-8-16(15)12-17;2*1-7-5-3-2-4-6-7;2*1-2/h1-8H,9-12H2;2*7H,2-6H2,1H3;2*1-2H3. The van der Waals surface area contributed by atoms with Gasteiger partial charge in [-0.3, -0.25) is 0 Å². The fourth-order valence-corrected chi connectivity index (χ4v) is 6.41. The molecule has 0 bridgehead atoms. The Balaban J connectivity index is 0.000000201. The summed E-state index contributed by atoms with van der Waals surface area (Å²) in [5.74, 6) is 2.07. The maximum atomic E-state index is 2.36. The van der Waals surface area contributed by atoms with Crippen LogP contribution in [0.5, 0.6) is 0 Å². The van der Waals surface area contributed by atoms with Gasteiger partial charge >= 0.3 is 0 Å². The molecule has 0 atom stereocenters. The summed E-state index contributed by atoms with van der Waals surface area (Å²) in [5.41, 5.74) is 6.84. The SMILES string of the molecule is CC.CC.CC1CCCCC1.CC1CCCCC1.c1ccc2c(c1)CC1(C2)Cc2ccccc2C1. The molecule has 196 valence electrons. The lowest BCUT2D eigenvalue weighted by atomic mass is 9.82. The van der Waals surface area contributed by atoms with Crippen molar-refractivity contribution in [3.63, 3.8) is 0 Å². The molecule has 0 radical (unpaired) electrons. The maximum Gasteiger partial charge on any atom is -0.0136 e. The first-order chi connectivity index (χ1) is 17.1. The van der Waals surface area contributed by atoms with E-state index in [1.165, 1.54) is 89.9 Å². The molecule has 0 saturated heterocycles. The molecule has 0 amide bonds. The monoisotopic (exact) mass is 476 g/mol. The largest absolute Gasteiger partial charge is 0.0683 e. The fraction of sp³-hybridized carbons (Fsp3) is 0.657. The van der Waals surface area contributed by atoms with E-state index in [0.717, 1.165) is 11.8 Å². The molecule has 1 spiro atoms. The lowest BCUT2D eigenvalue weighted by Gasteiger charge is -2.21. The van der Waals surface area contributed by atoms with E-state index < -0.39 is 0 Å². The Kier molecular flexibility index (Phi) is 13.8. The Labute approximate surface area is 219 Å². The van der Waals surface area contributed by atoms with Gasteiger partial charge in [-0.2, -0.15) is 0 Å². The minimum atomic E-state index is 0.507. The molecule has 2 saturated carbocycles. The molecule has 2 aromatic rings. The van der Waals surface area contributed by atoms with Crippen LogP contribution >= 0.6 is 0 Å². The van der Waals surface area contributed by atoms with E-state index >= 15 is 0 Å². The molecule has 2 aromatic carbocycles. The van der Waals surface area contributed by atoms with Crippen LogP contribution in [0.1, 0.15) is 128 Å². The number of benzene rings is 2. The topological polar surface area (TPSA) is 0 Å². The van der Waals surface area contributed by atoms with E-state index in [1.807, 2.05) is 27.7 Å². The molecule has 35 heavy (non-hydrogen) atoms. The zero-order chi connectivity index (χ0) is 25.5. The minimum Gasteiger partial charge on any atom is -0.0683 e. The molecule has 2 fully saturated rings. The molecule has 6 rings (SSSR count). The van der Waals surface area contributed by atoms with Gasteiger partial charge in [-0.05, 0) is 65.2 Å². The summed E-state index contributed by atoms with van der Waals surface area (Å²) < 4.78 is 0. The van der Waals surface area contributed by atoms with Crippen molar-refractivity contribution in [3.05, 3.63) is 70.8 Å². The molecule has 0 unspecified atom stereocenters. The Bertz CT molecular complexity index is 681. The van der Waals surface area contributed by atoms with Crippen LogP contribution in [0, 0.1) is 17.3 Å². The lowest BCUT2D eigenvalue weighted by molar-refractivity contribution is 0.326. The Hall–Kier alpha value is -1.56. The second-order valence-corrected chi connectivity index (χ2v) is 11.2. The maximum absolute atomic E-state index is 2.36. The average Bonchev–Trinajstić information content (AvgIpc) is 3.46. The molecule has 0 N–H and O–H groups in total.